The van der Waals surface area contributed by atoms with Gasteiger partial charge in [-0.05, 0) is 43.0 Å². The molecule has 1 unspecified atom stereocenters. The molecule has 4 nitrogen and oxygen atoms in total. The molecule has 1 aromatic rings. The normalized spacial score (nSPS) is 15.7. The number of nitrogens with two attached hydrogens (primary N) is 1. The van der Waals surface area contributed by atoms with Crippen LogP contribution < -0.4 is 10.5 Å². The third kappa shape index (κ3) is 3.73. The molecule has 2 rings (SSSR count). The quantitative estimate of drug-likeness (QED) is 0.896. The smallest absolute Gasteiger partial charge is 0.224 e. The second-order valence-electron chi connectivity index (χ2n) is 5.53. The molecule has 1 atom stereocenters. The minimum Gasteiger partial charge on any atom is -0.494 e. The number of benzene rings is 1. The van der Waals surface area contributed by atoms with Crippen LogP contribution in [0.1, 0.15) is 37.8 Å². The van der Waals surface area contributed by atoms with Crippen molar-refractivity contribution in [1.29, 1.82) is 0 Å². The van der Waals surface area contributed by atoms with E-state index in [0.717, 1.165) is 31.7 Å². The number of nitrogens with zero attached hydrogens (tertiary/aromatic N) is 1. The Balaban J connectivity index is 2.02. The van der Waals surface area contributed by atoms with Gasteiger partial charge < -0.3 is 15.4 Å². The summed E-state index contributed by atoms with van der Waals surface area (Å²) >= 11 is 0. The molecule has 0 spiro atoms. The highest BCUT2D eigenvalue weighted by Crippen LogP contribution is 2.24. The molecule has 0 saturated carbocycles. The molecule has 0 fully saturated rings. The lowest BCUT2D eigenvalue weighted by Gasteiger charge is -2.29. The van der Waals surface area contributed by atoms with Crippen molar-refractivity contribution in [3.63, 3.8) is 0 Å². The first-order valence-electron chi connectivity index (χ1n) is 7.38. The number of hydrogen-bond acceptors (Lipinski definition) is 3. The van der Waals surface area contributed by atoms with Crippen molar-refractivity contribution in [2.75, 3.05) is 13.2 Å². The standard InChI is InChI=1S/C16H24N2O2/c1-3-8-20-15-5-4-14-11-18(7-6-13(14)10-15)16(19)9-12(2)17/h4-5,10,12H,3,6-9,11,17H2,1-2H3. The SMILES string of the molecule is CCCOc1ccc2c(c1)CCN(C(=O)CC(C)N)C2. The van der Waals surface area contributed by atoms with Gasteiger partial charge in [-0.1, -0.05) is 13.0 Å². The number of hydrogen-bond donors (Lipinski definition) is 1. The number of ether oxygens (including phenoxy) is 1. The van der Waals surface area contributed by atoms with Gasteiger partial charge in [-0.15, -0.1) is 0 Å². The molecule has 20 heavy (non-hydrogen) atoms. The van der Waals surface area contributed by atoms with Crippen molar-refractivity contribution in [1.82, 2.24) is 4.90 Å². The average Bonchev–Trinajstić information content (AvgIpc) is 2.43. The maximum absolute atomic E-state index is 12.0. The predicted octanol–water partition coefficient (Wildman–Crippen LogP) is 2.10. The summed E-state index contributed by atoms with van der Waals surface area (Å²) in [6.07, 6.45) is 2.33. The first-order chi connectivity index (χ1) is 9.60. The molecule has 1 aliphatic rings. The average molecular weight is 276 g/mol. The van der Waals surface area contributed by atoms with Gasteiger partial charge in [0, 0.05) is 25.6 Å². The molecule has 2 N–H and O–H groups in total. The molecule has 1 heterocycles. The maximum Gasteiger partial charge on any atom is 0.224 e. The molecular formula is C16H24N2O2. The first kappa shape index (κ1) is 14.9. The fourth-order valence-corrected chi connectivity index (χ4v) is 2.46. The second kappa shape index (κ2) is 6.75. The highest BCUT2D eigenvalue weighted by Gasteiger charge is 2.21. The Kier molecular flexibility index (Phi) is 5.01. The number of rotatable bonds is 5. The van der Waals surface area contributed by atoms with Crippen LogP contribution in [0, 0.1) is 0 Å². The summed E-state index contributed by atoms with van der Waals surface area (Å²) in [5, 5.41) is 0. The first-order valence-corrected chi connectivity index (χ1v) is 7.38. The summed E-state index contributed by atoms with van der Waals surface area (Å²) < 4.78 is 5.65. The highest BCUT2D eigenvalue weighted by molar-refractivity contribution is 5.77. The minimum absolute atomic E-state index is 0.0753. The summed E-state index contributed by atoms with van der Waals surface area (Å²) in [6.45, 7) is 6.18. The highest BCUT2D eigenvalue weighted by atomic mass is 16.5. The number of fused-ring (bicyclic) bond motifs is 1. The molecule has 0 aromatic heterocycles. The van der Waals surface area contributed by atoms with Gasteiger partial charge in [-0.3, -0.25) is 4.79 Å². The van der Waals surface area contributed by atoms with E-state index in [1.807, 2.05) is 17.9 Å². The van der Waals surface area contributed by atoms with E-state index in [0.29, 0.717) is 13.0 Å². The molecule has 1 amide bonds. The fourth-order valence-electron chi connectivity index (χ4n) is 2.46. The van der Waals surface area contributed by atoms with Gasteiger partial charge in [-0.2, -0.15) is 0 Å². The van der Waals surface area contributed by atoms with E-state index in [1.54, 1.807) is 0 Å². The van der Waals surface area contributed by atoms with E-state index in [1.165, 1.54) is 11.1 Å². The lowest BCUT2D eigenvalue weighted by Crippen LogP contribution is -2.38. The summed E-state index contributed by atoms with van der Waals surface area (Å²) in [5.41, 5.74) is 8.21. The maximum atomic E-state index is 12.0. The molecule has 110 valence electrons. The van der Waals surface area contributed by atoms with E-state index in [2.05, 4.69) is 19.1 Å². The Morgan fingerprint density at radius 2 is 2.25 bits per heavy atom. The van der Waals surface area contributed by atoms with Gasteiger partial charge in [0.05, 0.1) is 6.61 Å². The molecule has 0 saturated heterocycles. The van der Waals surface area contributed by atoms with Crippen LogP contribution in [0.4, 0.5) is 0 Å². The second-order valence-corrected chi connectivity index (χ2v) is 5.53. The van der Waals surface area contributed by atoms with E-state index in [9.17, 15) is 4.79 Å². The van der Waals surface area contributed by atoms with Crippen molar-refractivity contribution in [3.05, 3.63) is 29.3 Å². The molecule has 0 bridgehead atoms. The summed E-state index contributed by atoms with van der Waals surface area (Å²) in [4.78, 5) is 13.9. The Labute approximate surface area is 120 Å². The summed E-state index contributed by atoms with van der Waals surface area (Å²) in [7, 11) is 0. The van der Waals surface area contributed by atoms with Crippen molar-refractivity contribution in [2.24, 2.45) is 5.73 Å². The Bertz CT molecular complexity index is 472. The third-order valence-corrected chi connectivity index (χ3v) is 3.51. The Morgan fingerprint density at radius 1 is 1.45 bits per heavy atom. The lowest BCUT2D eigenvalue weighted by atomic mass is 9.99. The van der Waals surface area contributed by atoms with Crippen LogP contribution in [0.2, 0.25) is 0 Å². The van der Waals surface area contributed by atoms with Crippen LogP contribution in [-0.4, -0.2) is 30.0 Å². The number of carbonyl (C=O) groups excluding carboxylic acids is 1. The zero-order valence-electron chi connectivity index (χ0n) is 12.4. The number of carbonyl (C=O) groups is 1. The zero-order chi connectivity index (χ0) is 14.5. The van der Waals surface area contributed by atoms with Gasteiger partial charge in [0.25, 0.3) is 0 Å². The van der Waals surface area contributed by atoms with Crippen LogP contribution in [0.15, 0.2) is 18.2 Å². The van der Waals surface area contributed by atoms with Crippen LogP contribution in [0.5, 0.6) is 5.75 Å². The van der Waals surface area contributed by atoms with Crippen LogP contribution >= 0.6 is 0 Å². The van der Waals surface area contributed by atoms with Gasteiger partial charge in [-0.25, -0.2) is 0 Å². The molecule has 4 heteroatoms. The number of amides is 1. The van der Waals surface area contributed by atoms with Crippen LogP contribution in [0.3, 0.4) is 0 Å². The third-order valence-electron chi connectivity index (χ3n) is 3.51. The molecule has 1 aromatic carbocycles. The van der Waals surface area contributed by atoms with Crippen LogP contribution in [-0.2, 0) is 17.8 Å². The largest absolute Gasteiger partial charge is 0.494 e. The van der Waals surface area contributed by atoms with Gasteiger partial charge >= 0.3 is 0 Å². The van der Waals surface area contributed by atoms with Crippen molar-refractivity contribution in [3.8, 4) is 5.75 Å². The molecule has 0 radical (unpaired) electrons. The van der Waals surface area contributed by atoms with E-state index in [4.69, 9.17) is 10.5 Å². The zero-order valence-corrected chi connectivity index (χ0v) is 12.4. The van der Waals surface area contributed by atoms with E-state index < -0.39 is 0 Å². The minimum atomic E-state index is -0.0753. The molecular weight excluding hydrogens is 252 g/mol. The Hall–Kier alpha value is -1.55. The molecule has 1 aliphatic heterocycles. The van der Waals surface area contributed by atoms with Gasteiger partial charge in [0.1, 0.15) is 5.75 Å². The monoisotopic (exact) mass is 276 g/mol. The van der Waals surface area contributed by atoms with Crippen molar-refractivity contribution in [2.45, 2.75) is 45.7 Å². The Morgan fingerprint density at radius 3 is 2.95 bits per heavy atom. The van der Waals surface area contributed by atoms with Crippen LogP contribution in [0.25, 0.3) is 0 Å². The fraction of sp³-hybridized carbons (Fsp3) is 0.562. The van der Waals surface area contributed by atoms with Gasteiger partial charge in [0.2, 0.25) is 5.91 Å². The summed E-state index contributed by atoms with van der Waals surface area (Å²) in [6, 6.07) is 6.10. The topological polar surface area (TPSA) is 55.6 Å². The van der Waals surface area contributed by atoms with Gasteiger partial charge in [0.15, 0.2) is 0 Å². The summed E-state index contributed by atoms with van der Waals surface area (Å²) in [5.74, 6) is 1.08. The van der Waals surface area contributed by atoms with Crippen molar-refractivity contribution < 1.29 is 9.53 Å². The van der Waals surface area contributed by atoms with Crippen molar-refractivity contribution >= 4 is 5.91 Å². The predicted molar refractivity (Wildman–Crippen MR) is 79.6 cm³/mol. The lowest BCUT2D eigenvalue weighted by molar-refractivity contribution is -0.132. The van der Waals surface area contributed by atoms with E-state index >= 15 is 0 Å². The van der Waals surface area contributed by atoms with E-state index in [-0.39, 0.29) is 11.9 Å². The molecule has 0 aliphatic carbocycles.